The zero-order chi connectivity index (χ0) is 12.3. The number of ether oxygens (including phenoxy) is 1. The van der Waals surface area contributed by atoms with E-state index in [1.54, 1.807) is 24.5 Å². The van der Waals surface area contributed by atoms with E-state index in [9.17, 15) is 4.79 Å². The summed E-state index contributed by atoms with van der Waals surface area (Å²) in [5, 5.41) is 8.85. The summed E-state index contributed by atoms with van der Waals surface area (Å²) >= 11 is 1.23. The maximum absolute atomic E-state index is 10.8. The van der Waals surface area contributed by atoms with Crippen LogP contribution in [0.15, 0.2) is 30.6 Å². The van der Waals surface area contributed by atoms with Crippen molar-refractivity contribution >= 4 is 17.3 Å². The van der Waals surface area contributed by atoms with Crippen LogP contribution in [-0.4, -0.2) is 22.7 Å². The molecule has 0 aliphatic rings. The van der Waals surface area contributed by atoms with Gasteiger partial charge < -0.3 is 9.84 Å². The first kappa shape index (κ1) is 11.6. The minimum Gasteiger partial charge on any atom is -0.492 e. The van der Waals surface area contributed by atoms with Gasteiger partial charge in [-0.25, -0.2) is 4.79 Å². The van der Waals surface area contributed by atoms with E-state index in [1.165, 1.54) is 11.3 Å². The average molecular weight is 249 g/mol. The van der Waals surface area contributed by atoms with E-state index in [-0.39, 0.29) is 0 Å². The van der Waals surface area contributed by atoms with Gasteiger partial charge in [0.25, 0.3) is 0 Å². The number of thiophene rings is 1. The number of rotatable bonds is 4. The molecule has 0 amide bonds. The number of nitrogens with zero attached hydrogens (tertiary/aromatic N) is 1. The van der Waals surface area contributed by atoms with Gasteiger partial charge in [0.05, 0.1) is 12.8 Å². The molecule has 0 saturated carbocycles. The van der Waals surface area contributed by atoms with Crippen LogP contribution in [0.1, 0.15) is 16.6 Å². The highest BCUT2D eigenvalue weighted by Gasteiger charge is 2.09. The Bertz CT molecular complexity index is 536. The van der Waals surface area contributed by atoms with E-state index < -0.39 is 5.97 Å². The standard InChI is InChI=1S/C12H11NO3S/c1-2-16-9-5-8(6-13-7-9)10-3-4-11(17-10)12(14)15/h3-7H,2H2,1H3,(H,14,15). The topological polar surface area (TPSA) is 59.4 Å². The molecule has 2 heterocycles. The molecule has 0 bridgehead atoms. The normalized spacial score (nSPS) is 10.2. The summed E-state index contributed by atoms with van der Waals surface area (Å²) in [6.07, 6.45) is 3.33. The van der Waals surface area contributed by atoms with Crippen molar-refractivity contribution in [3.8, 4) is 16.2 Å². The second-order valence-corrected chi connectivity index (χ2v) is 4.40. The zero-order valence-electron chi connectivity index (χ0n) is 9.21. The van der Waals surface area contributed by atoms with E-state index in [2.05, 4.69) is 4.98 Å². The molecule has 0 unspecified atom stereocenters. The Morgan fingerprint density at radius 1 is 1.47 bits per heavy atom. The second-order valence-electron chi connectivity index (χ2n) is 3.31. The van der Waals surface area contributed by atoms with Crippen LogP contribution in [0.4, 0.5) is 0 Å². The Kier molecular flexibility index (Phi) is 3.39. The SMILES string of the molecule is CCOc1cncc(-c2ccc(C(=O)O)s2)c1. The summed E-state index contributed by atoms with van der Waals surface area (Å²) in [6, 6.07) is 5.23. The first-order chi connectivity index (χ1) is 8.20. The van der Waals surface area contributed by atoms with Crippen molar-refractivity contribution in [3.63, 3.8) is 0 Å². The van der Waals surface area contributed by atoms with Gasteiger partial charge in [0, 0.05) is 16.6 Å². The van der Waals surface area contributed by atoms with Gasteiger partial charge in [-0.05, 0) is 25.1 Å². The van der Waals surface area contributed by atoms with Crippen molar-refractivity contribution in [1.29, 1.82) is 0 Å². The minimum atomic E-state index is -0.907. The second kappa shape index (κ2) is 4.97. The number of carbonyl (C=O) groups is 1. The molecule has 88 valence electrons. The van der Waals surface area contributed by atoms with E-state index in [0.717, 1.165) is 10.4 Å². The van der Waals surface area contributed by atoms with E-state index >= 15 is 0 Å². The third-order valence-corrected chi connectivity index (χ3v) is 3.25. The van der Waals surface area contributed by atoms with Crippen molar-refractivity contribution < 1.29 is 14.6 Å². The molecule has 4 nitrogen and oxygen atoms in total. The molecule has 0 saturated heterocycles. The van der Waals surface area contributed by atoms with Crippen molar-refractivity contribution in [1.82, 2.24) is 4.98 Å². The molecule has 5 heteroatoms. The Hall–Kier alpha value is -1.88. The van der Waals surface area contributed by atoms with Gasteiger partial charge in [-0.3, -0.25) is 4.98 Å². The average Bonchev–Trinajstić information content (AvgIpc) is 2.79. The first-order valence-corrected chi connectivity index (χ1v) is 5.93. The molecular weight excluding hydrogens is 238 g/mol. The quantitative estimate of drug-likeness (QED) is 0.905. The van der Waals surface area contributed by atoms with Gasteiger partial charge in [0.1, 0.15) is 10.6 Å². The van der Waals surface area contributed by atoms with Crippen LogP contribution in [0.2, 0.25) is 0 Å². The first-order valence-electron chi connectivity index (χ1n) is 5.12. The molecule has 2 aromatic rings. The summed E-state index contributed by atoms with van der Waals surface area (Å²) in [7, 11) is 0. The lowest BCUT2D eigenvalue weighted by Gasteiger charge is -2.03. The van der Waals surface area contributed by atoms with Crippen LogP contribution in [0, 0.1) is 0 Å². The highest BCUT2D eigenvalue weighted by molar-refractivity contribution is 7.17. The number of hydrogen-bond acceptors (Lipinski definition) is 4. The molecule has 0 aliphatic carbocycles. The van der Waals surface area contributed by atoms with Crippen LogP contribution < -0.4 is 4.74 Å². The molecule has 0 spiro atoms. The molecule has 0 aliphatic heterocycles. The summed E-state index contributed by atoms with van der Waals surface area (Å²) in [5.41, 5.74) is 0.869. The molecule has 0 radical (unpaired) electrons. The van der Waals surface area contributed by atoms with Crippen LogP contribution in [0.25, 0.3) is 10.4 Å². The van der Waals surface area contributed by atoms with Crippen LogP contribution in [-0.2, 0) is 0 Å². The predicted molar refractivity (Wildman–Crippen MR) is 65.7 cm³/mol. The van der Waals surface area contributed by atoms with Gasteiger partial charge in [0.15, 0.2) is 0 Å². The number of carboxylic acids is 1. The van der Waals surface area contributed by atoms with Crippen molar-refractivity contribution in [3.05, 3.63) is 35.5 Å². The van der Waals surface area contributed by atoms with Crippen LogP contribution in [0.3, 0.4) is 0 Å². The fourth-order valence-corrected chi connectivity index (χ4v) is 2.23. The van der Waals surface area contributed by atoms with Gasteiger partial charge >= 0.3 is 5.97 Å². The van der Waals surface area contributed by atoms with Crippen molar-refractivity contribution in [2.24, 2.45) is 0 Å². The monoisotopic (exact) mass is 249 g/mol. The fourth-order valence-electron chi connectivity index (χ4n) is 1.41. The highest BCUT2D eigenvalue weighted by Crippen LogP contribution is 2.29. The van der Waals surface area contributed by atoms with Gasteiger partial charge in [-0.2, -0.15) is 0 Å². The number of pyridine rings is 1. The maximum atomic E-state index is 10.8. The molecule has 2 rings (SSSR count). The minimum absolute atomic E-state index is 0.321. The maximum Gasteiger partial charge on any atom is 0.345 e. The molecular formula is C12H11NO3S. The van der Waals surface area contributed by atoms with E-state index in [4.69, 9.17) is 9.84 Å². The van der Waals surface area contributed by atoms with Gasteiger partial charge in [0.2, 0.25) is 0 Å². The largest absolute Gasteiger partial charge is 0.492 e. The third-order valence-electron chi connectivity index (χ3n) is 2.13. The molecule has 0 fully saturated rings. The lowest BCUT2D eigenvalue weighted by molar-refractivity contribution is 0.0702. The summed E-state index contributed by atoms with van der Waals surface area (Å²) in [4.78, 5) is 16.0. The molecule has 2 aromatic heterocycles. The van der Waals surface area contributed by atoms with Crippen LogP contribution in [0.5, 0.6) is 5.75 Å². The number of hydrogen-bond donors (Lipinski definition) is 1. The lowest BCUT2D eigenvalue weighted by atomic mass is 10.2. The van der Waals surface area contributed by atoms with E-state index in [0.29, 0.717) is 17.2 Å². The smallest absolute Gasteiger partial charge is 0.345 e. The molecule has 1 N–H and O–H groups in total. The number of aromatic carboxylic acids is 1. The molecule has 0 atom stereocenters. The lowest BCUT2D eigenvalue weighted by Crippen LogP contribution is -1.92. The fraction of sp³-hybridized carbons (Fsp3) is 0.167. The summed E-state index contributed by atoms with van der Waals surface area (Å²) in [5.74, 6) is -0.217. The van der Waals surface area contributed by atoms with Gasteiger partial charge in [-0.15, -0.1) is 11.3 Å². The number of aromatic nitrogens is 1. The molecule has 17 heavy (non-hydrogen) atoms. The Labute approximate surface area is 103 Å². The Balaban J connectivity index is 2.31. The Morgan fingerprint density at radius 2 is 2.29 bits per heavy atom. The van der Waals surface area contributed by atoms with Crippen molar-refractivity contribution in [2.45, 2.75) is 6.92 Å². The summed E-state index contributed by atoms with van der Waals surface area (Å²) < 4.78 is 5.35. The molecule has 0 aromatic carbocycles. The van der Waals surface area contributed by atoms with Crippen LogP contribution >= 0.6 is 11.3 Å². The third kappa shape index (κ3) is 2.62. The van der Waals surface area contributed by atoms with Crippen molar-refractivity contribution in [2.75, 3.05) is 6.61 Å². The summed E-state index contributed by atoms with van der Waals surface area (Å²) in [6.45, 7) is 2.48. The Morgan fingerprint density at radius 3 is 2.94 bits per heavy atom. The van der Waals surface area contributed by atoms with E-state index in [1.807, 2.05) is 13.0 Å². The van der Waals surface area contributed by atoms with Gasteiger partial charge in [-0.1, -0.05) is 0 Å². The predicted octanol–water partition coefficient (Wildman–Crippen LogP) is 2.91. The zero-order valence-corrected chi connectivity index (χ0v) is 10.0. The highest BCUT2D eigenvalue weighted by atomic mass is 32.1. The number of carboxylic acid groups (broad SMARTS) is 1.